The SMILES string of the molecule is CCCCOc1cccc(C(O)=C2C(=O)C(=O)N(CCCOC)C2c2ccc(C)o2)c1. The molecule has 166 valence electrons. The van der Waals surface area contributed by atoms with Gasteiger partial charge in [-0.2, -0.15) is 0 Å². The number of ketones is 1. The van der Waals surface area contributed by atoms with E-state index < -0.39 is 17.7 Å². The molecule has 0 bridgehead atoms. The van der Waals surface area contributed by atoms with Crippen LogP contribution in [0.1, 0.15) is 49.3 Å². The molecule has 0 spiro atoms. The van der Waals surface area contributed by atoms with Crippen LogP contribution in [-0.2, 0) is 14.3 Å². The highest BCUT2D eigenvalue weighted by Crippen LogP contribution is 2.40. The second-order valence-electron chi connectivity index (χ2n) is 7.52. The van der Waals surface area contributed by atoms with Gasteiger partial charge in [0.05, 0.1) is 12.2 Å². The largest absolute Gasteiger partial charge is 0.507 e. The number of likely N-dealkylation sites (tertiary alicyclic amines) is 1. The van der Waals surface area contributed by atoms with Crippen LogP contribution in [0.2, 0.25) is 0 Å². The monoisotopic (exact) mass is 427 g/mol. The summed E-state index contributed by atoms with van der Waals surface area (Å²) in [6.07, 6.45) is 2.48. The molecule has 7 heteroatoms. The molecule has 1 atom stereocenters. The lowest BCUT2D eigenvalue weighted by atomic mass is 9.99. The summed E-state index contributed by atoms with van der Waals surface area (Å²) in [6.45, 7) is 5.19. The number of Topliss-reactive ketones (excluding diaryl/α,β-unsaturated/α-hetero) is 1. The summed E-state index contributed by atoms with van der Waals surface area (Å²) in [6, 6.07) is 9.61. The molecule has 1 aromatic carbocycles. The van der Waals surface area contributed by atoms with Gasteiger partial charge in [0.2, 0.25) is 0 Å². The van der Waals surface area contributed by atoms with Crippen molar-refractivity contribution in [1.29, 1.82) is 0 Å². The zero-order valence-electron chi connectivity index (χ0n) is 18.2. The third-order valence-electron chi connectivity index (χ3n) is 5.19. The Morgan fingerprint density at radius 3 is 2.65 bits per heavy atom. The molecule has 7 nitrogen and oxygen atoms in total. The molecule has 0 aliphatic carbocycles. The Balaban J connectivity index is 2.01. The van der Waals surface area contributed by atoms with Crippen molar-refractivity contribution in [3.63, 3.8) is 0 Å². The molecule has 0 saturated carbocycles. The smallest absolute Gasteiger partial charge is 0.295 e. The first-order valence-corrected chi connectivity index (χ1v) is 10.5. The van der Waals surface area contributed by atoms with Crippen molar-refractivity contribution in [3.05, 3.63) is 59.1 Å². The number of nitrogens with zero attached hydrogens (tertiary/aromatic N) is 1. The topological polar surface area (TPSA) is 89.2 Å². The number of aryl methyl sites for hydroxylation is 1. The molecule has 2 heterocycles. The van der Waals surface area contributed by atoms with Gasteiger partial charge in [0.15, 0.2) is 0 Å². The Hall–Kier alpha value is -3.06. The number of amides is 1. The predicted octanol–water partition coefficient (Wildman–Crippen LogP) is 4.23. The normalized spacial score (nSPS) is 18.0. The molecule has 1 unspecified atom stereocenters. The Morgan fingerprint density at radius 2 is 1.97 bits per heavy atom. The molecule has 3 rings (SSSR count). The van der Waals surface area contributed by atoms with Gasteiger partial charge in [0.1, 0.15) is 29.1 Å². The highest BCUT2D eigenvalue weighted by atomic mass is 16.5. The van der Waals surface area contributed by atoms with E-state index in [9.17, 15) is 14.7 Å². The van der Waals surface area contributed by atoms with Crippen molar-refractivity contribution in [2.75, 3.05) is 26.9 Å². The predicted molar refractivity (Wildman–Crippen MR) is 116 cm³/mol. The second-order valence-corrected chi connectivity index (χ2v) is 7.52. The van der Waals surface area contributed by atoms with Gasteiger partial charge in [0, 0.05) is 25.8 Å². The number of carbonyl (C=O) groups excluding carboxylic acids is 2. The second kappa shape index (κ2) is 10.3. The molecule has 31 heavy (non-hydrogen) atoms. The van der Waals surface area contributed by atoms with Crippen LogP contribution in [0.25, 0.3) is 5.76 Å². The number of carbonyl (C=O) groups is 2. The van der Waals surface area contributed by atoms with Crippen molar-refractivity contribution >= 4 is 17.4 Å². The van der Waals surface area contributed by atoms with E-state index in [0.717, 1.165) is 12.8 Å². The summed E-state index contributed by atoms with van der Waals surface area (Å²) in [5.74, 6) is 0.0537. The van der Waals surface area contributed by atoms with Gasteiger partial charge in [-0.15, -0.1) is 0 Å². The summed E-state index contributed by atoms with van der Waals surface area (Å²) in [5, 5.41) is 11.1. The van der Waals surface area contributed by atoms with Gasteiger partial charge >= 0.3 is 0 Å². The van der Waals surface area contributed by atoms with Crippen LogP contribution in [0.4, 0.5) is 0 Å². The van der Waals surface area contributed by atoms with Crippen LogP contribution < -0.4 is 4.74 Å². The number of unbranched alkanes of at least 4 members (excludes halogenated alkanes) is 1. The molecule has 2 aromatic rings. The van der Waals surface area contributed by atoms with Crippen LogP contribution in [-0.4, -0.2) is 48.6 Å². The fourth-order valence-electron chi connectivity index (χ4n) is 3.61. The first-order chi connectivity index (χ1) is 15.0. The van der Waals surface area contributed by atoms with Crippen molar-refractivity contribution in [3.8, 4) is 5.75 Å². The summed E-state index contributed by atoms with van der Waals surface area (Å²) < 4.78 is 16.6. The molecule has 1 aromatic heterocycles. The minimum atomic E-state index is -0.796. The maximum Gasteiger partial charge on any atom is 0.295 e. The van der Waals surface area contributed by atoms with E-state index in [0.29, 0.717) is 49.0 Å². The van der Waals surface area contributed by atoms with Crippen LogP contribution >= 0.6 is 0 Å². The highest BCUT2D eigenvalue weighted by molar-refractivity contribution is 6.46. The molecule has 1 saturated heterocycles. The van der Waals surface area contributed by atoms with Crippen LogP contribution in [0, 0.1) is 6.92 Å². The van der Waals surface area contributed by atoms with Crippen LogP contribution in [0.15, 0.2) is 46.4 Å². The van der Waals surface area contributed by atoms with E-state index in [1.807, 2.05) is 0 Å². The minimum Gasteiger partial charge on any atom is -0.507 e. The van der Waals surface area contributed by atoms with E-state index in [2.05, 4.69) is 6.92 Å². The lowest BCUT2D eigenvalue weighted by molar-refractivity contribution is -0.140. The number of hydrogen-bond acceptors (Lipinski definition) is 6. The zero-order chi connectivity index (χ0) is 22.4. The van der Waals surface area contributed by atoms with Gasteiger partial charge in [-0.3, -0.25) is 9.59 Å². The van der Waals surface area contributed by atoms with E-state index in [1.54, 1.807) is 50.4 Å². The molecule has 1 N–H and O–H groups in total. The summed E-state index contributed by atoms with van der Waals surface area (Å²) in [4.78, 5) is 27.2. The van der Waals surface area contributed by atoms with E-state index in [4.69, 9.17) is 13.9 Å². The Kier molecular flexibility index (Phi) is 7.52. The molecular formula is C24H29NO6. The molecule has 1 amide bonds. The zero-order valence-corrected chi connectivity index (χ0v) is 18.2. The van der Waals surface area contributed by atoms with E-state index in [1.165, 1.54) is 4.90 Å². The quantitative estimate of drug-likeness (QED) is 0.264. The number of benzene rings is 1. The maximum atomic E-state index is 12.9. The summed E-state index contributed by atoms with van der Waals surface area (Å²) >= 11 is 0. The number of rotatable bonds is 10. The fourth-order valence-corrected chi connectivity index (χ4v) is 3.61. The lowest BCUT2D eigenvalue weighted by Gasteiger charge is -2.23. The van der Waals surface area contributed by atoms with Crippen LogP contribution in [0.3, 0.4) is 0 Å². The number of furan rings is 1. The van der Waals surface area contributed by atoms with Crippen molar-refractivity contribution in [1.82, 2.24) is 4.90 Å². The van der Waals surface area contributed by atoms with Crippen molar-refractivity contribution in [2.24, 2.45) is 0 Å². The van der Waals surface area contributed by atoms with E-state index in [-0.39, 0.29) is 11.3 Å². The van der Waals surface area contributed by atoms with Gasteiger partial charge in [0.25, 0.3) is 11.7 Å². The molecular weight excluding hydrogens is 398 g/mol. The lowest BCUT2D eigenvalue weighted by Crippen LogP contribution is -2.31. The maximum absolute atomic E-state index is 12.9. The minimum absolute atomic E-state index is 0.0162. The number of hydrogen-bond donors (Lipinski definition) is 1. The third kappa shape index (κ3) is 4.99. The number of methoxy groups -OCH3 is 1. The standard InChI is InChI=1S/C24H29NO6/c1-4-5-14-30-18-9-6-8-17(15-18)22(26)20-21(19-11-10-16(2)31-19)25(12-7-13-29-3)24(28)23(20)27/h6,8-11,15,21,26H,4-5,7,12-14H2,1-3H3. The van der Waals surface area contributed by atoms with Gasteiger partial charge in [-0.1, -0.05) is 25.5 Å². The van der Waals surface area contributed by atoms with Gasteiger partial charge in [-0.25, -0.2) is 0 Å². The number of aliphatic hydroxyl groups excluding tert-OH is 1. The third-order valence-corrected chi connectivity index (χ3v) is 5.19. The average molecular weight is 427 g/mol. The molecule has 1 fully saturated rings. The van der Waals surface area contributed by atoms with E-state index >= 15 is 0 Å². The fraction of sp³-hybridized carbons (Fsp3) is 0.417. The number of aliphatic hydroxyl groups is 1. The average Bonchev–Trinajstić information content (AvgIpc) is 3.30. The Bertz CT molecular complexity index is 960. The van der Waals surface area contributed by atoms with Gasteiger partial charge in [-0.05, 0) is 44.0 Å². The first kappa shape index (κ1) is 22.6. The van der Waals surface area contributed by atoms with Crippen LogP contribution in [0.5, 0.6) is 5.75 Å². The summed E-state index contributed by atoms with van der Waals surface area (Å²) in [7, 11) is 1.58. The number of ether oxygens (including phenoxy) is 2. The Morgan fingerprint density at radius 1 is 1.16 bits per heavy atom. The van der Waals surface area contributed by atoms with Crippen molar-refractivity contribution in [2.45, 2.75) is 39.2 Å². The van der Waals surface area contributed by atoms with Gasteiger partial charge < -0.3 is 23.9 Å². The first-order valence-electron chi connectivity index (χ1n) is 10.5. The summed E-state index contributed by atoms with van der Waals surface area (Å²) in [5.41, 5.74) is 0.430. The molecule has 1 aliphatic rings. The van der Waals surface area contributed by atoms with Crippen molar-refractivity contribution < 1.29 is 28.6 Å². The molecule has 0 radical (unpaired) electrons. The molecule has 1 aliphatic heterocycles. The Labute approximate surface area is 182 Å². The highest BCUT2D eigenvalue weighted by Gasteiger charge is 2.47.